The number of ether oxygens (including phenoxy) is 1. The number of rotatable bonds is 6. The van der Waals surface area contributed by atoms with E-state index in [1.807, 2.05) is 19.1 Å². The number of carboxylic acid groups (broad SMARTS) is 1. The first-order valence-corrected chi connectivity index (χ1v) is 6.71. The van der Waals surface area contributed by atoms with Gasteiger partial charge in [0.25, 0.3) is 0 Å². The van der Waals surface area contributed by atoms with Crippen molar-refractivity contribution in [3.8, 4) is 0 Å². The van der Waals surface area contributed by atoms with Crippen LogP contribution in [-0.2, 0) is 16.1 Å². The zero-order chi connectivity index (χ0) is 13.8. The second-order valence-electron chi connectivity index (χ2n) is 5.03. The van der Waals surface area contributed by atoms with Gasteiger partial charge in [-0.05, 0) is 32.0 Å². The summed E-state index contributed by atoms with van der Waals surface area (Å²) < 4.78 is 10.9. The van der Waals surface area contributed by atoms with Gasteiger partial charge in [-0.25, -0.2) is 0 Å². The quantitative estimate of drug-likeness (QED) is 0.853. The van der Waals surface area contributed by atoms with E-state index in [1.54, 1.807) is 0 Å². The summed E-state index contributed by atoms with van der Waals surface area (Å²) in [6, 6.07) is 3.81. The van der Waals surface area contributed by atoms with Crippen LogP contribution in [0.1, 0.15) is 24.9 Å². The molecule has 1 saturated heterocycles. The highest BCUT2D eigenvalue weighted by molar-refractivity contribution is 5.71. The zero-order valence-electron chi connectivity index (χ0n) is 11.5. The minimum atomic E-state index is -0.778. The molecule has 0 aromatic carbocycles. The standard InChI is InChI=1S/C14H21NO4/c1-3-6-15(7-11-5-4-10(2)19-11)13-9-18-8-12(13)14(16)17/h4-5,12-13H,3,6-9H2,1-2H3,(H,16,17). The number of nitrogens with zero attached hydrogens (tertiary/aromatic N) is 1. The van der Waals surface area contributed by atoms with Crippen LogP contribution in [0, 0.1) is 12.8 Å². The number of aliphatic carboxylic acids is 1. The maximum absolute atomic E-state index is 11.2. The van der Waals surface area contributed by atoms with E-state index in [4.69, 9.17) is 9.15 Å². The molecule has 106 valence electrons. The lowest BCUT2D eigenvalue weighted by Gasteiger charge is -2.29. The smallest absolute Gasteiger partial charge is 0.310 e. The van der Waals surface area contributed by atoms with Gasteiger partial charge in [-0.2, -0.15) is 0 Å². The Morgan fingerprint density at radius 3 is 2.84 bits per heavy atom. The van der Waals surface area contributed by atoms with Crippen molar-refractivity contribution in [3.05, 3.63) is 23.7 Å². The van der Waals surface area contributed by atoms with E-state index in [-0.39, 0.29) is 6.04 Å². The van der Waals surface area contributed by atoms with Crippen molar-refractivity contribution in [1.82, 2.24) is 4.90 Å². The Kier molecular flexibility index (Phi) is 4.61. The van der Waals surface area contributed by atoms with Gasteiger partial charge in [0.2, 0.25) is 0 Å². The summed E-state index contributed by atoms with van der Waals surface area (Å²) >= 11 is 0. The van der Waals surface area contributed by atoms with E-state index >= 15 is 0 Å². The minimum absolute atomic E-state index is 0.0668. The fourth-order valence-electron chi connectivity index (χ4n) is 2.56. The molecule has 2 unspecified atom stereocenters. The highest BCUT2D eigenvalue weighted by Gasteiger charge is 2.37. The first-order valence-electron chi connectivity index (χ1n) is 6.71. The Labute approximate surface area is 113 Å². The molecule has 1 N–H and O–H groups in total. The monoisotopic (exact) mass is 267 g/mol. The molecule has 19 heavy (non-hydrogen) atoms. The van der Waals surface area contributed by atoms with Crippen molar-refractivity contribution >= 4 is 5.97 Å². The van der Waals surface area contributed by atoms with Gasteiger partial charge >= 0.3 is 5.97 Å². The lowest BCUT2D eigenvalue weighted by molar-refractivity contribution is -0.143. The van der Waals surface area contributed by atoms with E-state index in [0.29, 0.717) is 19.8 Å². The molecule has 2 atom stereocenters. The fraction of sp³-hybridized carbons (Fsp3) is 0.643. The molecular formula is C14H21NO4. The third-order valence-corrected chi connectivity index (χ3v) is 3.50. The molecule has 0 saturated carbocycles. The van der Waals surface area contributed by atoms with Gasteiger partial charge in [0, 0.05) is 6.04 Å². The Hall–Kier alpha value is -1.33. The van der Waals surface area contributed by atoms with Gasteiger partial charge in [-0.1, -0.05) is 6.92 Å². The summed E-state index contributed by atoms with van der Waals surface area (Å²) in [6.07, 6.45) is 0.975. The second-order valence-corrected chi connectivity index (χ2v) is 5.03. The molecule has 1 aromatic heterocycles. The van der Waals surface area contributed by atoms with Crippen molar-refractivity contribution in [1.29, 1.82) is 0 Å². The average molecular weight is 267 g/mol. The molecule has 1 aliphatic rings. The molecule has 0 aliphatic carbocycles. The third kappa shape index (κ3) is 3.36. The molecule has 5 heteroatoms. The molecule has 5 nitrogen and oxygen atoms in total. The van der Waals surface area contributed by atoms with Crippen molar-refractivity contribution in [3.63, 3.8) is 0 Å². The molecule has 2 rings (SSSR count). The molecular weight excluding hydrogens is 246 g/mol. The number of hydrogen-bond acceptors (Lipinski definition) is 4. The molecule has 1 aliphatic heterocycles. The van der Waals surface area contributed by atoms with Crippen LogP contribution in [0.2, 0.25) is 0 Å². The van der Waals surface area contributed by atoms with Crippen molar-refractivity contribution < 1.29 is 19.1 Å². The van der Waals surface area contributed by atoms with Crippen LogP contribution in [0.4, 0.5) is 0 Å². The summed E-state index contributed by atoms with van der Waals surface area (Å²) in [6.45, 7) is 6.27. The predicted molar refractivity (Wildman–Crippen MR) is 69.9 cm³/mol. The van der Waals surface area contributed by atoms with E-state index in [2.05, 4.69) is 11.8 Å². The van der Waals surface area contributed by atoms with Crippen LogP contribution in [0.25, 0.3) is 0 Å². The zero-order valence-corrected chi connectivity index (χ0v) is 11.5. The number of furan rings is 1. The lowest BCUT2D eigenvalue weighted by atomic mass is 10.0. The van der Waals surface area contributed by atoms with Crippen LogP contribution in [0.3, 0.4) is 0 Å². The first-order chi connectivity index (χ1) is 9.11. The van der Waals surface area contributed by atoms with Crippen LogP contribution < -0.4 is 0 Å². The Balaban J connectivity index is 2.08. The van der Waals surface area contributed by atoms with E-state index in [9.17, 15) is 9.90 Å². The number of carboxylic acids is 1. The molecule has 1 aromatic rings. The largest absolute Gasteiger partial charge is 0.481 e. The first kappa shape index (κ1) is 14.1. The lowest BCUT2D eigenvalue weighted by Crippen LogP contribution is -2.43. The Bertz CT molecular complexity index is 429. The third-order valence-electron chi connectivity index (χ3n) is 3.50. The van der Waals surface area contributed by atoms with Crippen LogP contribution >= 0.6 is 0 Å². The summed E-state index contributed by atoms with van der Waals surface area (Å²) in [7, 11) is 0. The summed E-state index contributed by atoms with van der Waals surface area (Å²) in [4.78, 5) is 13.4. The van der Waals surface area contributed by atoms with E-state index in [0.717, 1.165) is 24.5 Å². The van der Waals surface area contributed by atoms with Crippen LogP contribution in [0.15, 0.2) is 16.5 Å². The molecule has 0 radical (unpaired) electrons. The maximum Gasteiger partial charge on any atom is 0.310 e. The SMILES string of the molecule is CCCN(Cc1ccc(C)o1)C1COCC1C(=O)O. The molecule has 0 spiro atoms. The fourth-order valence-corrected chi connectivity index (χ4v) is 2.56. The molecule has 0 bridgehead atoms. The number of aryl methyl sites for hydroxylation is 1. The van der Waals surface area contributed by atoms with Crippen LogP contribution in [0.5, 0.6) is 0 Å². The second kappa shape index (κ2) is 6.21. The predicted octanol–water partition coefficient (Wildman–Crippen LogP) is 1.90. The van der Waals surface area contributed by atoms with Gasteiger partial charge in [0.1, 0.15) is 11.5 Å². The average Bonchev–Trinajstić information content (AvgIpc) is 2.97. The number of hydrogen-bond donors (Lipinski definition) is 1. The van der Waals surface area contributed by atoms with Gasteiger partial charge in [-0.15, -0.1) is 0 Å². The molecule has 1 fully saturated rings. The molecule has 2 heterocycles. The van der Waals surface area contributed by atoms with Gasteiger partial charge in [0.05, 0.1) is 25.7 Å². The number of carbonyl (C=O) groups is 1. The highest BCUT2D eigenvalue weighted by Crippen LogP contribution is 2.23. The van der Waals surface area contributed by atoms with Gasteiger partial charge in [0.15, 0.2) is 0 Å². The summed E-state index contributed by atoms with van der Waals surface area (Å²) in [5.74, 6) is 0.535. The summed E-state index contributed by atoms with van der Waals surface area (Å²) in [5.41, 5.74) is 0. The van der Waals surface area contributed by atoms with E-state index in [1.165, 1.54) is 0 Å². The highest BCUT2D eigenvalue weighted by atomic mass is 16.5. The van der Waals surface area contributed by atoms with Crippen molar-refractivity contribution in [2.45, 2.75) is 32.9 Å². The van der Waals surface area contributed by atoms with Gasteiger partial charge in [-0.3, -0.25) is 9.69 Å². The Morgan fingerprint density at radius 1 is 1.47 bits per heavy atom. The normalized spacial score (nSPS) is 23.1. The topological polar surface area (TPSA) is 62.9 Å². The molecule has 0 amide bonds. The Morgan fingerprint density at radius 2 is 2.26 bits per heavy atom. The van der Waals surface area contributed by atoms with Crippen molar-refractivity contribution in [2.75, 3.05) is 19.8 Å². The minimum Gasteiger partial charge on any atom is -0.481 e. The van der Waals surface area contributed by atoms with E-state index < -0.39 is 11.9 Å². The maximum atomic E-state index is 11.2. The summed E-state index contributed by atoms with van der Waals surface area (Å²) in [5, 5.41) is 9.24. The van der Waals surface area contributed by atoms with Crippen LogP contribution in [-0.4, -0.2) is 41.8 Å². The van der Waals surface area contributed by atoms with Gasteiger partial charge < -0.3 is 14.3 Å². The van der Waals surface area contributed by atoms with Crippen molar-refractivity contribution in [2.24, 2.45) is 5.92 Å².